The highest BCUT2D eigenvalue weighted by atomic mass is 19.4. The van der Waals surface area contributed by atoms with Crippen LogP contribution in [0.3, 0.4) is 0 Å². The molecule has 0 spiro atoms. The van der Waals surface area contributed by atoms with E-state index in [1.54, 1.807) is 9.80 Å². The molecule has 10 heteroatoms. The van der Waals surface area contributed by atoms with Crippen molar-refractivity contribution in [3.63, 3.8) is 0 Å². The number of nitrogens with zero attached hydrogens (tertiary/aromatic N) is 4. The molecular weight excluding hydrogens is 342 g/mol. The summed E-state index contributed by atoms with van der Waals surface area (Å²) in [6, 6.07) is 0. The standard InChI is InChI=1S/C15H17F4N5O/c16-12-1-2-20-9-11(12)13(25)23-3-5-24(6-4-23)14-21-7-10(8-22-14)15(17,18)19/h7-8,20H,1-6,9H2. The van der Waals surface area contributed by atoms with E-state index < -0.39 is 11.7 Å². The molecule has 25 heavy (non-hydrogen) atoms. The van der Waals surface area contributed by atoms with Crippen LogP contribution in [0.25, 0.3) is 0 Å². The van der Waals surface area contributed by atoms with E-state index in [1.807, 2.05) is 0 Å². The van der Waals surface area contributed by atoms with Crippen LogP contribution in [0.1, 0.15) is 12.0 Å². The molecular formula is C15H17F4N5O. The number of rotatable bonds is 2. The van der Waals surface area contributed by atoms with E-state index >= 15 is 0 Å². The summed E-state index contributed by atoms with van der Waals surface area (Å²) >= 11 is 0. The second kappa shape index (κ2) is 6.95. The summed E-state index contributed by atoms with van der Waals surface area (Å²) in [5.74, 6) is -0.528. The number of aromatic nitrogens is 2. The third kappa shape index (κ3) is 3.89. The molecule has 1 saturated heterocycles. The number of hydrogen-bond donors (Lipinski definition) is 1. The number of carbonyl (C=O) groups is 1. The van der Waals surface area contributed by atoms with Gasteiger partial charge in [0, 0.05) is 58.1 Å². The molecule has 1 amide bonds. The lowest BCUT2D eigenvalue weighted by atomic mass is 10.1. The fraction of sp³-hybridized carbons (Fsp3) is 0.533. The van der Waals surface area contributed by atoms with Crippen molar-refractivity contribution in [2.24, 2.45) is 0 Å². The maximum atomic E-state index is 13.8. The first-order valence-electron chi connectivity index (χ1n) is 7.88. The molecule has 6 nitrogen and oxygen atoms in total. The minimum Gasteiger partial charge on any atom is -0.337 e. The molecule has 2 aliphatic rings. The Balaban J connectivity index is 1.61. The normalized spacial score (nSPS) is 19.4. The molecule has 1 aromatic heterocycles. The quantitative estimate of drug-likeness (QED) is 0.808. The molecule has 0 saturated carbocycles. The number of carbonyl (C=O) groups excluding carboxylic acids is 1. The van der Waals surface area contributed by atoms with Gasteiger partial charge in [0.1, 0.15) is 5.83 Å². The zero-order valence-corrected chi connectivity index (χ0v) is 13.3. The highest BCUT2D eigenvalue weighted by Crippen LogP contribution is 2.28. The van der Waals surface area contributed by atoms with E-state index in [0.717, 1.165) is 12.4 Å². The predicted molar refractivity (Wildman–Crippen MR) is 81.4 cm³/mol. The topological polar surface area (TPSA) is 61.4 Å². The van der Waals surface area contributed by atoms with Crippen LogP contribution in [0.2, 0.25) is 0 Å². The van der Waals surface area contributed by atoms with Crippen LogP contribution in [-0.4, -0.2) is 60.0 Å². The van der Waals surface area contributed by atoms with E-state index in [9.17, 15) is 22.4 Å². The van der Waals surface area contributed by atoms with E-state index in [2.05, 4.69) is 15.3 Å². The SMILES string of the molecule is O=C(C1=C(F)CCNC1)N1CCN(c2ncc(C(F)(F)F)cn2)CC1. The first kappa shape index (κ1) is 17.6. The van der Waals surface area contributed by atoms with Crippen molar-refractivity contribution in [3.8, 4) is 0 Å². The summed E-state index contributed by atoms with van der Waals surface area (Å²) in [5.41, 5.74) is -0.747. The summed E-state index contributed by atoms with van der Waals surface area (Å²) in [5, 5.41) is 2.97. The van der Waals surface area contributed by atoms with Crippen LogP contribution in [0.4, 0.5) is 23.5 Å². The number of nitrogens with one attached hydrogen (secondary N) is 1. The van der Waals surface area contributed by atoms with Crippen LogP contribution in [0.15, 0.2) is 23.8 Å². The largest absolute Gasteiger partial charge is 0.419 e. The average Bonchev–Trinajstić information content (AvgIpc) is 2.61. The van der Waals surface area contributed by atoms with Gasteiger partial charge >= 0.3 is 6.18 Å². The van der Waals surface area contributed by atoms with Crippen LogP contribution < -0.4 is 10.2 Å². The van der Waals surface area contributed by atoms with Gasteiger partial charge in [0.05, 0.1) is 11.1 Å². The van der Waals surface area contributed by atoms with Gasteiger partial charge in [-0.2, -0.15) is 13.2 Å². The lowest BCUT2D eigenvalue weighted by molar-refractivity contribution is -0.138. The molecule has 136 valence electrons. The summed E-state index contributed by atoms with van der Waals surface area (Å²) in [7, 11) is 0. The molecule has 1 fully saturated rings. The van der Waals surface area contributed by atoms with E-state index in [4.69, 9.17) is 0 Å². The number of halogens is 4. The highest BCUT2D eigenvalue weighted by molar-refractivity contribution is 5.94. The van der Waals surface area contributed by atoms with Crippen molar-refractivity contribution in [3.05, 3.63) is 29.4 Å². The Labute approximate surface area is 141 Å². The van der Waals surface area contributed by atoms with E-state index in [0.29, 0.717) is 32.7 Å². The number of hydrogen-bond acceptors (Lipinski definition) is 5. The Kier molecular flexibility index (Phi) is 4.89. The molecule has 2 aliphatic heterocycles. The van der Waals surface area contributed by atoms with Crippen LogP contribution in [0.5, 0.6) is 0 Å². The lowest BCUT2D eigenvalue weighted by Crippen LogP contribution is -2.50. The van der Waals surface area contributed by atoms with Crippen LogP contribution in [0, 0.1) is 0 Å². The first-order chi connectivity index (χ1) is 11.9. The molecule has 0 atom stereocenters. The molecule has 3 rings (SSSR count). The Hall–Kier alpha value is -2.23. The van der Waals surface area contributed by atoms with Gasteiger partial charge in [-0.05, 0) is 0 Å². The van der Waals surface area contributed by atoms with Gasteiger partial charge in [0.25, 0.3) is 5.91 Å². The van der Waals surface area contributed by atoms with Gasteiger partial charge in [0.2, 0.25) is 5.95 Å². The first-order valence-corrected chi connectivity index (χ1v) is 7.88. The van der Waals surface area contributed by atoms with Gasteiger partial charge in [-0.25, -0.2) is 14.4 Å². The monoisotopic (exact) mass is 359 g/mol. The third-order valence-corrected chi connectivity index (χ3v) is 4.22. The Morgan fingerprint density at radius 3 is 2.32 bits per heavy atom. The molecule has 3 heterocycles. The molecule has 1 N–H and O–H groups in total. The molecule has 1 aromatic rings. The zero-order chi connectivity index (χ0) is 18.0. The van der Waals surface area contributed by atoms with Crippen LogP contribution >= 0.6 is 0 Å². The number of amides is 1. The second-order valence-electron chi connectivity index (χ2n) is 5.86. The molecule has 0 unspecified atom stereocenters. The van der Waals surface area contributed by atoms with Crippen molar-refractivity contribution < 1.29 is 22.4 Å². The smallest absolute Gasteiger partial charge is 0.337 e. The summed E-state index contributed by atoms with van der Waals surface area (Å²) in [4.78, 5) is 23.1. The van der Waals surface area contributed by atoms with Gasteiger partial charge < -0.3 is 15.1 Å². The summed E-state index contributed by atoms with van der Waals surface area (Å²) in [6.07, 6.45) is -2.78. The van der Waals surface area contributed by atoms with Crippen molar-refractivity contribution >= 4 is 11.9 Å². The second-order valence-corrected chi connectivity index (χ2v) is 5.86. The minimum atomic E-state index is -4.48. The molecule has 0 aliphatic carbocycles. The Bertz CT molecular complexity index is 665. The Morgan fingerprint density at radius 1 is 1.12 bits per heavy atom. The van der Waals surface area contributed by atoms with Crippen molar-refractivity contribution in [2.45, 2.75) is 12.6 Å². The number of anilines is 1. The fourth-order valence-corrected chi connectivity index (χ4v) is 2.78. The van der Waals surface area contributed by atoms with Crippen molar-refractivity contribution in [2.75, 3.05) is 44.2 Å². The third-order valence-electron chi connectivity index (χ3n) is 4.22. The predicted octanol–water partition coefficient (Wildman–Crippen LogP) is 1.36. The lowest BCUT2D eigenvalue weighted by Gasteiger charge is -2.35. The van der Waals surface area contributed by atoms with Crippen molar-refractivity contribution in [1.82, 2.24) is 20.2 Å². The van der Waals surface area contributed by atoms with Gasteiger partial charge in [0.15, 0.2) is 0 Å². The van der Waals surface area contributed by atoms with Gasteiger partial charge in [-0.3, -0.25) is 4.79 Å². The van der Waals surface area contributed by atoms with Crippen molar-refractivity contribution in [1.29, 1.82) is 0 Å². The van der Waals surface area contributed by atoms with Crippen LogP contribution in [-0.2, 0) is 11.0 Å². The van der Waals surface area contributed by atoms with Gasteiger partial charge in [-0.1, -0.05) is 0 Å². The summed E-state index contributed by atoms with van der Waals surface area (Å²) < 4.78 is 51.4. The number of piperazine rings is 1. The molecule has 0 bridgehead atoms. The number of alkyl halides is 3. The zero-order valence-electron chi connectivity index (χ0n) is 13.3. The minimum absolute atomic E-state index is 0.158. The average molecular weight is 359 g/mol. The molecule has 0 aromatic carbocycles. The summed E-state index contributed by atoms with van der Waals surface area (Å²) in [6.45, 7) is 2.15. The highest BCUT2D eigenvalue weighted by Gasteiger charge is 2.32. The Morgan fingerprint density at radius 2 is 1.76 bits per heavy atom. The fourth-order valence-electron chi connectivity index (χ4n) is 2.78. The maximum Gasteiger partial charge on any atom is 0.419 e. The van der Waals surface area contributed by atoms with E-state index in [1.165, 1.54) is 0 Å². The van der Waals surface area contributed by atoms with E-state index in [-0.39, 0.29) is 36.2 Å². The van der Waals surface area contributed by atoms with Gasteiger partial charge in [-0.15, -0.1) is 0 Å². The maximum absolute atomic E-state index is 13.8. The molecule has 0 radical (unpaired) electrons.